The highest BCUT2D eigenvalue weighted by Crippen LogP contribution is 2.28. The third kappa shape index (κ3) is 4.69. The van der Waals surface area contributed by atoms with Gasteiger partial charge in [0.1, 0.15) is 11.5 Å². The highest BCUT2D eigenvalue weighted by molar-refractivity contribution is 7.91. The average molecular weight is 438 g/mol. The van der Waals surface area contributed by atoms with Gasteiger partial charge < -0.3 is 14.4 Å². The normalized spacial score (nSPS) is 12.4. The second-order valence-electron chi connectivity index (χ2n) is 6.79. The predicted octanol–water partition coefficient (Wildman–Crippen LogP) is 3.33. The summed E-state index contributed by atoms with van der Waals surface area (Å²) in [6.45, 7) is 1.66. The van der Waals surface area contributed by atoms with Gasteiger partial charge in [0.15, 0.2) is 20.9 Å². The second-order valence-corrected chi connectivity index (χ2v) is 8.87. The van der Waals surface area contributed by atoms with Crippen molar-refractivity contribution in [2.24, 2.45) is 0 Å². The molecule has 2 aromatic carbocycles. The maximum absolute atomic E-state index is 13.3. The van der Waals surface area contributed by atoms with Gasteiger partial charge in [0.2, 0.25) is 17.6 Å². The highest BCUT2D eigenvalue weighted by Gasteiger charge is 2.36. The van der Waals surface area contributed by atoms with Gasteiger partial charge in [-0.3, -0.25) is 4.79 Å². The van der Waals surface area contributed by atoms with Crippen LogP contribution in [-0.2, 0) is 20.4 Å². The van der Waals surface area contributed by atoms with Gasteiger partial charge in [0.25, 0.3) is 0 Å². The second kappa shape index (κ2) is 8.52. The summed E-state index contributed by atoms with van der Waals surface area (Å²) < 4.78 is 36.6. The molecule has 0 aliphatic carbocycles. The Bertz CT molecular complexity index is 1280. The van der Waals surface area contributed by atoms with Crippen LogP contribution in [0.15, 0.2) is 75.8 Å². The van der Waals surface area contributed by atoms with Crippen molar-refractivity contribution in [1.82, 2.24) is 15.3 Å². The van der Waals surface area contributed by atoms with Gasteiger partial charge in [-0.2, -0.15) is 4.98 Å². The van der Waals surface area contributed by atoms with E-state index in [-0.39, 0.29) is 17.5 Å². The zero-order valence-electron chi connectivity index (χ0n) is 16.4. The smallest absolute Gasteiger partial charge is 0.248 e. The molecule has 0 saturated heterocycles. The van der Waals surface area contributed by atoms with Gasteiger partial charge in [0, 0.05) is 11.6 Å². The summed E-state index contributed by atoms with van der Waals surface area (Å²) in [5.41, 5.74) is 0.997. The third-order valence-corrected chi connectivity index (χ3v) is 6.26. The molecule has 2 heterocycles. The molecular formula is C21H18N4O5S. The van der Waals surface area contributed by atoms with Crippen molar-refractivity contribution < 1.29 is 22.3 Å². The first kappa shape index (κ1) is 20.5. The fraction of sp³-hybridized carbons (Fsp3) is 0.143. The molecule has 1 N–H and O–H groups in total. The van der Waals surface area contributed by atoms with E-state index in [9.17, 15) is 13.2 Å². The van der Waals surface area contributed by atoms with E-state index in [1.54, 1.807) is 49.4 Å². The number of aryl methyl sites for hydroxylation is 1. The van der Waals surface area contributed by atoms with Crippen LogP contribution in [0.2, 0.25) is 0 Å². The van der Waals surface area contributed by atoms with E-state index in [1.807, 2.05) is 18.2 Å². The number of anilines is 1. The molecule has 1 amide bonds. The standard InChI is InChI=1S/C21H18N4O5S/c1-14-12-17(24-29-14)22-21(26)19(15-8-4-2-5-9-15)31(27,28)13-18-23-20(25-30-18)16-10-6-3-7-11-16/h2-12,19H,13H2,1H3,(H,22,24,26). The van der Waals surface area contributed by atoms with Crippen LogP contribution in [0.5, 0.6) is 0 Å². The largest absolute Gasteiger partial charge is 0.360 e. The molecule has 4 rings (SSSR count). The summed E-state index contributed by atoms with van der Waals surface area (Å²) in [7, 11) is -4.08. The predicted molar refractivity (Wildman–Crippen MR) is 111 cm³/mol. The van der Waals surface area contributed by atoms with Crippen LogP contribution in [0.4, 0.5) is 5.82 Å². The van der Waals surface area contributed by atoms with Crippen LogP contribution in [0.3, 0.4) is 0 Å². The van der Waals surface area contributed by atoms with Crippen molar-refractivity contribution in [3.05, 3.63) is 83.9 Å². The molecule has 0 aliphatic rings. The van der Waals surface area contributed by atoms with Crippen molar-refractivity contribution in [2.45, 2.75) is 17.9 Å². The molecule has 4 aromatic rings. The molecule has 0 spiro atoms. The number of nitrogens with zero attached hydrogens (tertiary/aromatic N) is 3. The minimum atomic E-state index is -4.08. The van der Waals surface area contributed by atoms with Crippen LogP contribution in [0.1, 0.15) is 22.5 Å². The summed E-state index contributed by atoms with van der Waals surface area (Å²) in [5, 5.41) is 8.53. The molecule has 158 valence electrons. The lowest BCUT2D eigenvalue weighted by Crippen LogP contribution is -2.29. The van der Waals surface area contributed by atoms with Crippen molar-refractivity contribution >= 4 is 21.6 Å². The molecule has 0 fully saturated rings. The van der Waals surface area contributed by atoms with Gasteiger partial charge in [-0.25, -0.2) is 8.42 Å². The van der Waals surface area contributed by atoms with Crippen molar-refractivity contribution in [2.75, 3.05) is 5.32 Å². The number of carbonyl (C=O) groups is 1. The Morgan fingerprint density at radius 3 is 2.32 bits per heavy atom. The lowest BCUT2D eigenvalue weighted by molar-refractivity contribution is -0.116. The Kier molecular flexibility index (Phi) is 5.63. The number of amides is 1. The fourth-order valence-corrected chi connectivity index (χ4v) is 4.63. The van der Waals surface area contributed by atoms with Crippen LogP contribution >= 0.6 is 0 Å². The summed E-state index contributed by atoms with van der Waals surface area (Å²) >= 11 is 0. The Hall–Kier alpha value is -3.79. The first-order valence-electron chi connectivity index (χ1n) is 9.31. The minimum Gasteiger partial charge on any atom is -0.360 e. The summed E-state index contributed by atoms with van der Waals surface area (Å²) in [6, 6.07) is 18.7. The summed E-state index contributed by atoms with van der Waals surface area (Å²) in [4.78, 5) is 17.1. The van der Waals surface area contributed by atoms with Gasteiger partial charge in [-0.15, -0.1) is 0 Å². The van der Waals surface area contributed by atoms with Crippen molar-refractivity contribution in [3.63, 3.8) is 0 Å². The molecule has 0 radical (unpaired) electrons. The molecule has 1 unspecified atom stereocenters. The number of aromatic nitrogens is 3. The zero-order valence-corrected chi connectivity index (χ0v) is 17.2. The summed E-state index contributed by atoms with van der Waals surface area (Å²) in [5.74, 6) is -0.592. The minimum absolute atomic E-state index is 0.107. The van der Waals surface area contributed by atoms with E-state index in [1.165, 1.54) is 6.07 Å². The van der Waals surface area contributed by atoms with Gasteiger partial charge >= 0.3 is 0 Å². The van der Waals surface area contributed by atoms with E-state index >= 15 is 0 Å². The molecule has 1 atom stereocenters. The van der Waals surface area contributed by atoms with E-state index in [2.05, 4.69) is 20.6 Å². The van der Waals surface area contributed by atoms with Gasteiger partial charge in [-0.05, 0) is 12.5 Å². The van der Waals surface area contributed by atoms with E-state index in [0.717, 1.165) is 0 Å². The number of rotatable bonds is 7. The molecular weight excluding hydrogens is 420 g/mol. The Morgan fingerprint density at radius 1 is 1.00 bits per heavy atom. The molecule has 10 heteroatoms. The summed E-state index contributed by atoms with van der Waals surface area (Å²) in [6.07, 6.45) is 0. The number of hydrogen-bond donors (Lipinski definition) is 1. The highest BCUT2D eigenvalue weighted by atomic mass is 32.2. The first-order valence-corrected chi connectivity index (χ1v) is 11.0. The number of nitrogens with one attached hydrogen (secondary N) is 1. The Morgan fingerprint density at radius 2 is 1.68 bits per heavy atom. The van der Waals surface area contributed by atoms with E-state index in [4.69, 9.17) is 9.05 Å². The maximum atomic E-state index is 13.3. The lowest BCUT2D eigenvalue weighted by Gasteiger charge is -2.16. The molecule has 31 heavy (non-hydrogen) atoms. The molecule has 2 aromatic heterocycles. The monoisotopic (exact) mass is 438 g/mol. The topological polar surface area (TPSA) is 128 Å². The van der Waals surface area contributed by atoms with Crippen LogP contribution < -0.4 is 5.32 Å². The third-order valence-electron chi connectivity index (χ3n) is 4.40. The van der Waals surface area contributed by atoms with Crippen LogP contribution in [0.25, 0.3) is 11.4 Å². The molecule has 0 bridgehead atoms. The lowest BCUT2D eigenvalue weighted by atomic mass is 10.1. The van der Waals surface area contributed by atoms with Crippen LogP contribution in [-0.4, -0.2) is 29.6 Å². The quantitative estimate of drug-likeness (QED) is 0.465. The number of hydrogen-bond acceptors (Lipinski definition) is 8. The van der Waals surface area contributed by atoms with Crippen molar-refractivity contribution in [3.8, 4) is 11.4 Å². The van der Waals surface area contributed by atoms with Gasteiger partial charge in [0.05, 0.1) is 0 Å². The maximum Gasteiger partial charge on any atom is 0.248 e. The van der Waals surface area contributed by atoms with Gasteiger partial charge in [-0.1, -0.05) is 71.0 Å². The van der Waals surface area contributed by atoms with Crippen molar-refractivity contribution in [1.29, 1.82) is 0 Å². The molecule has 9 nitrogen and oxygen atoms in total. The fourth-order valence-electron chi connectivity index (χ4n) is 3.04. The number of benzene rings is 2. The molecule has 0 saturated carbocycles. The average Bonchev–Trinajstić information content (AvgIpc) is 3.38. The van der Waals surface area contributed by atoms with E-state index < -0.39 is 26.7 Å². The number of carbonyl (C=O) groups excluding carboxylic acids is 1. The number of sulfone groups is 1. The first-order chi connectivity index (χ1) is 14.9. The Balaban J connectivity index is 1.62. The SMILES string of the molecule is Cc1cc(NC(=O)C(c2ccccc2)S(=O)(=O)Cc2nc(-c3ccccc3)no2)no1. The Labute approximate surface area is 178 Å². The van der Waals surface area contributed by atoms with E-state index in [0.29, 0.717) is 16.9 Å². The van der Waals surface area contributed by atoms with Crippen LogP contribution in [0, 0.1) is 6.92 Å². The molecule has 0 aliphatic heterocycles. The zero-order chi connectivity index (χ0) is 21.8.